The number of nitrogens with one attached hydrogen (secondary N) is 1. The van der Waals surface area contributed by atoms with Crippen molar-refractivity contribution in [3.05, 3.63) is 41.1 Å². The molecule has 6 heteroatoms. The Labute approximate surface area is 148 Å². The van der Waals surface area contributed by atoms with E-state index in [1.54, 1.807) is 4.68 Å². The molecule has 0 bridgehead atoms. The van der Waals surface area contributed by atoms with Gasteiger partial charge in [0, 0.05) is 38.8 Å². The van der Waals surface area contributed by atoms with Gasteiger partial charge in [0.05, 0.1) is 18.9 Å². The van der Waals surface area contributed by atoms with Crippen LogP contribution in [0.1, 0.15) is 21.6 Å². The van der Waals surface area contributed by atoms with Gasteiger partial charge >= 0.3 is 0 Å². The molecule has 2 heterocycles. The number of aromatic nitrogens is 2. The number of aryl methyl sites for hydroxylation is 3. The van der Waals surface area contributed by atoms with E-state index in [-0.39, 0.29) is 5.91 Å². The first-order chi connectivity index (χ1) is 12.0. The van der Waals surface area contributed by atoms with Crippen molar-refractivity contribution < 1.29 is 9.53 Å². The van der Waals surface area contributed by atoms with Gasteiger partial charge in [-0.2, -0.15) is 5.10 Å². The van der Waals surface area contributed by atoms with Crippen LogP contribution in [-0.4, -0.2) is 60.0 Å². The smallest absolute Gasteiger partial charge is 0.271 e. The highest BCUT2D eigenvalue weighted by molar-refractivity contribution is 5.93. The number of hydrogen-bond acceptors (Lipinski definition) is 4. The van der Waals surface area contributed by atoms with Crippen molar-refractivity contribution in [1.29, 1.82) is 0 Å². The first-order valence-corrected chi connectivity index (χ1v) is 8.74. The lowest BCUT2D eigenvalue weighted by Gasteiger charge is -2.26. The number of amides is 1. The van der Waals surface area contributed by atoms with Gasteiger partial charge < -0.3 is 10.1 Å². The van der Waals surface area contributed by atoms with Crippen molar-refractivity contribution in [3.63, 3.8) is 0 Å². The minimum Gasteiger partial charge on any atom is -0.379 e. The molecule has 1 aromatic heterocycles. The Balaban J connectivity index is 1.65. The van der Waals surface area contributed by atoms with Gasteiger partial charge in [0.2, 0.25) is 0 Å². The molecule has 134 valence electrons. The molecular weight excluding hydrogens is 316 g/mol. The SMILES string of the molecule is Cc1ccc(C)c(-c2cc(C(=O)NCCN3CCOCC3)nn2C)c1. The zero-order chi connectivity index (χ0) is 17.8. The van der Waals surface area contributed by atoms with Crippen LogP contribution in [0.2, 0.25) is 0 Å². The largest absolute Gasteiger partial charge is 0.379 e. The minimum absolute atomic E-state index is 0.125. The maximum absolute atomic E-state index is 12.4. The summed E-state index contributed by atoms with van der Waals surface area (Å²) < 4.78 is 7.11. The zero-order valence-corrected chi connectivity index (χ0v) is 15.2. The van der Waals surface area contributed by atoms with E-state index in [9.17, 15) is 4.79 Å². The molecule has 1 aliphatic rings. The van der Waals surface area contributed by atoms with Crippen LogP contribution in [0.15, 0.2) is 24.3 Å². The van der Waals surface area contributed by atoms with Gasteiger partial charge in [0.25, 0.3) is 5.91 Å². The van der Waals surface area contributed by atoms with Gasteiger partial charge in [0.15, 0.2) is 5.69 Å². The number of carbonyl (C=O) groups is 1. The van der Waals surface area contributed by atoms with E-state index in [0.717, 1.165) is 44.1 Å². The minimum atomic E-state index is -0.125. The van der Waals surface area contributed by atoms with Crippen molar-refractivity contribution in [2.24, 2.45) is 7.05 Å². The Hall–Kier alpha value is -2.18. The van der Waals surface area contributed by atoms with Crippen LogP contribution in [0.5, 0.6) is 0 Å². The van der Waals surface area contributed by atoms with E-state index >= 15 is 0 Å². The number of hydrogen-bond donors (Lipinski definition) is 1. The molecule has 0 aliphatic carbocycles. The number of morpholine rings is 1. The maximum atomic E-state index is 12.4. The van der Waals surface area contributed by atoms with Gasteiger partial charge in [-0.25, -0.2) is 0 Å². The molecule has 0 saturated carbocycles. The fourth-order valence-electron chi connectivity index (χ4n) is 3.08. The summed E-state index contributed by atoms with van der Waals surface area (Å²) in [5.74, 6) is -0.125. The molecule has 0 atom stereocenters. The number of nitrogens with zero attached hydrogens (tertiary/aromatic N) is 3. The average molecular weight is 342 g/mol. The lowest BCUT2D eigenvalue weighted by Crippen LogP contribution is -2.41. The molecule has 1 aromatic carbocycles. The summed E-state index contributed by atoms with van der Waals surface area (Å²) in [6, 6.07) is 8.19. The van der Waals surface area contributed by atoms with Crippen LogP contribution in [0, 0.1) is 13.8 Å². The van der Waals surface area contributed by atoms with Crippen molar-refractivity contribution in [2.75, 3.05) is 39.4 Å². The van der Waals surface area contributed by atoms with Crippen LogP contribution in [0.4, 0.5) is 0 Å². The molecule has 1 amide bonds. The topological polar surface area (TPSA) is 59.4 Å². The fourth-order valence-corrected chi connectivity index (χ4v) is 3.08. The highest BCUT2D eigenvalue weighted by atomic mass is 16.5. The molecule has 1 aliphatic heterocycles. The van der Waals surface area contributed by atoms with Crippen LogP contribution < -0.4 is 5.32 Å². The summed E-state index contributed by atoms with van der Waals surface area (Å²) in [6.45, 7) is 9.00. The van der Waals surface area contributed by atoms with Gasteiger partial charge in [0.1, 0.15) is 0 Å². The monoisotopic (exact) mass is 342 g/mol. The molecule has 0 spiro atoms. The van der Waals surface area contributed by atoms with E-state index in [0.29, 0.717) is 12.2 Å². The Morgan fingerprint density at radius 2 is 2.00 bits per heavy atom. The van der Waals surface area contributed by atoms with E-state index in [1.165, 1.54) is 11.1 Å². The van der Waals surface area contributed by atoms with Gasteiger partial charge in [-0.1, -0.05) is 17.7 Å². The molecule has 6 nitrogen and oxygen atoms in total. The summed E-state index contributed by atoms with van der Waals surface area (Å²) in [7, 11) is 1.88. The van der Waals surface area contributed by atoms with Crippen molar-refractivity contribution in [3.8, 4) is 11.3 Å². The number of carbonyl (C=O) groups excluding carboxylic acids is 1. The first-order valence-electron chi connectivity index (χ1n) is 8.74. The normalized spacial score (nSPS) is 15.3. The molecule has 1 N–H and O–H groups in total. The second-order valence-electron chi connectivity index (χ2n) is 6.57. The Morgan fingerprint density at radius 3 is 2.76 bits per heavy atom. The summed E-state index contributed by atoms with van der Waals surface area (Å²) in [4.78, 5) is 14.7. The highest BCUT2D eigenvalue weighted by Gasteiger charge is 2.16. The van der Waals surface area contributed by atoms with E-state index in [1.807, 2.05) is 13.1 Å². The molecule has 1 saturated heterocycles. The molecule has 0 radical (unpaired) electrons. The second-order valence-corrected chi connectivity index (χ2v) is 6.57. The molecule has 25 heavy (non-hydrogen) atoms. The van der Waals surface area contributed by atoms with E-state index < -0.39 is 0 Å². The standard InChI is InChI=1S/C19H26N4O2/c1-14-4-5-15(2)16(12-14)18-13-17(21-22(18)3)19(24)20-6-7-23-8-10-25-11-9-23/h4-5,12-13H,6-11H2,1-3H3,(H,20,24). The van der Waals surface area contributed by atoms with Crippen LogP contribution in [-0.2, 0) is 11.8 Å². The third-order valence-corrected chi connectivity index (χ3v) is 4.60. The molecule has 0 unspecified atom stereocenters. The van der Waals surface area contributed by atoms with Crippen LogP contribution in [0.25, 0.3) is 11.3 Å². The summed E-state index contributed by atoms with van der Waals surface area (Å²) in [5.41, 5.74) is 4.90. The summed E-state index contributed by atoms with van der Waals surface area (Å²) in [6.07, 6.45) is 0. The number of rotatable bonds is 5. The predicted octanol–water partition coefficient (Wildman–Crippen LogP) is 1.77. The third kappa shape index (κ3) is 4.27. The molecule has 3 rings (SSSR count). The van der Waals surface area contributed by atoms with Crippen LogP contribution in [0.3, 0.4) is 0 Å². The maximum Gasteiger partial charge on any atom is 0.271 e. The number of ether oxygens (including phenoxy) is 1. The van der Waals surface area contributed by atoms with Crippen molar-refractivity contribution in [1.82, 2.24) is 20.0 Å². The van der Waals surface area contributed by atoms with Crippen molar-refractivity contribution in [2.45, 2.75) is 13.8 Å². The van der Waals surface area contributed by atoms with Crippen LogP contribution >= 0.6 is 0 Å². The van der Waals surface area contributed by atoms with Gasteiger partial charge in [-0.15, -0.1) is 0 Å². The lowest BCUT2D eigenvalue weighted by molar-refractivity contribution is 0.0383. The quantitative estimate of drug-likeness (QED) is 0.900. The second kappa shape index (κ2) is 7.80. The first kappa shape index (κ1) is 17.6. The van der Waals surface area contributed by atoms with Gasteiger partial charge in [-0.05, 0) is 31.5 Å². The van der Waals surface area contributed by atoms with E-state index in [4.69, 9.17) is 4.74 Å². The average Bonchev–Trinajstić information content (AvgIpc) is 3.00. The molecule has 2 aromatic rings. The Morgan fingerprint density at radius 1 is 1.24 bits per heavy atom. The zero-order valence-electron chi connectivity index (χ0n) is 15.2. The highest BCUT2D eigenvalue weighted by Crippen LogP contribution is 2.24. The Kier molecular flexibility index (Phi) is 5.50. The Bertz CT molecular complexity index is 748. The molecular formula is C19H26N4O2. The summed E-state index contributed by atoms with van der Waals surface area (Å²) in [5, 5.41) is 7.36. The molecule has 1 fully saturated rings. The van der Waals surface area contributed by atoms with Crippen molar-refractivity contribution >= 4 is 5.91 Å². The summed E-state index contributed by atoms with van der Waals surface area (Å²) >= 11 is 0. The number of benzene rings is 1. The van der Waals surface area contributed by atoms with Gasteiger partial charge in [-0.3, -0.25) is 14.4 Å². The lowest BCUT2D eigenvalue weighted by atomic mass is 10.0. The predicted molar refractivity (Wildman–Crippen MR) is 97.7 cm³/mol. The van der Waals surface area contributed by atoms with E-state index in [2.05, 4.69) is 47.4 Å². The third-order valence-electron chi connectivity index (χ3n) is 4.60. The fraction of sp³-hybridized carbons (Fsp3) is 0.474.